The molecule has 1 saturated heterocycles. The summed E-state index contributed by atoms with van der Waals surface area (Å²) in [6, 6.07) is 8.23. The van der Waals surface area contributed by atoms with Crippen molar-refractivity contribution in [3.8, 4) is 11.3 Å². The van der Waals surface area contributed by atoms with Gasteiger partial charge in [0.25, 0.3) is 5.91 Å². The van der Waals surface area contributed by atoms with Crippen molar-refractivity contribution in [3.63, 3.8) is 0 Å². The molecule has 0 radical (unpaired) electrons. The van der Waals surface area contributed by atoms with Crippen LogP contribution in [0.15, 0.2) is 34.9 Å². The predicted octanol–water partition coefficient (Wildman–Crippen LogP) is 4.40. The Labute approximate surface area is 176 Å². The van der Waals surface area contributed by atoms with E-state index in [1.807, 2.05) is 26.0 Å². The van der Waals surface area contributed by atoms with Gasteiger partial charge in [0.05, 0.1) is 0 Å². The lowest BCUT2D eigenvalue weighted by Crippen LogP contribution is -2.62. The summed E-state index contributed by atoms with van der Waals surface area (Å²) >= 11 is 5.93. The SMILES string of the molecule is CC(C)C[C@H]1CN(C(=O)c2cc(-c3ccc(Cl)cc3)no2)[C@@H](CC(C)C)C(=O)N1. The molecule has 29 heavy (non-hydrogen) atoms. The first-order valence-corrected chi connectivity index (χ1v) is 10.5. The van der Waals surface area contributed by atoms with E-state index in [-0.39, 0.29) is 29.5 Å². The molecule has 1 aliphatic heterocycles. The van der Waals surface area contributed by atoms with E-state index >= 15 is 0 Å². The molecule has 6 nitrogen and oxygen atoms in total. The van der Waals surface area contributed by atoms with E-state index in [4.69, 9.17) is 16.1 Å². The molecule has 0 aliphatic carbocycles. The van der Waals surface area contributed by atoms with Crippen LogP contribution in [0.5, 0.6) is 0 Å². The number of amides is 2. The molecule has 0 unspecified atom stereocenters. The van der Waals surface area contributed by atoms with E-state index in [1.165, 1.54) is 0 Å². The number of aromatic nitrogens is 1. The second-order valence-corrected chi connectivity index (χ2v) is 8.96. The Morgan fingerprint density at radius 3 is 2.48 bits per heavy atom. The first kappa shape index (κ1) is 21.4. The van der Waals surface area contributed by atoms with Crippen LogP contribution in [0.25, 0.3) is 11.3 Å². The van der Waals surface area contributed by atoms with Crippen molar-refractivity contribution >= 4 is 23.4 Å². The van der Waals surface area contributed by atoms with Crippen LogP contribution in [0.2, 0.25) is 5.02 Å². The van der Waals surface area contributed by atoms with E-state index in [2.05, 4.69) is 24.3 Å². The maximum absolute atomic E-state index is 13.3. The summed E-state index contributed by atoms with van der Waals surface area (Å²) in [5.74, 6) is 0.442. The fourth-order valence-corrected chi connectivity index (χ4v) is 3.86. The zero-order valence-electron chi connectivity index (χ0n) is 17.3. The average molecular weight is 418 g/mol. The quantitative estimate of drug-likeness (QED) is 0.755. The Balaban J connectivity index is 1.85. The molecule has 1 fully saturated rings. The van der Waals surface area contributed by atoms with Crippen molar-refractivity contribution in [3.05, 3.63) is 41.1 Å². The number of carbonyl (C=O) groups is 2. The molecule has 2 aromatic rings. The standard InChI is InChI=1S/C22H28ClN3O3/c1-13(2)9-17-12-26(19(10-14(3)4)21(27)24-17)22(28)20-11-18(25-29-20)15-5-7-16(23)8-6-15/h5-8,11,13-14,17,19H,9-10,12H2,1-4H3,(H,24,27)/t17-,19-/m0/s1. The molecule has 0 spiro atoms. The Hall–Kier alpha value is -2.34. The lowest BCUT2D eigenvalue weighted by atomic mass is 9.94. The minimum atomic E-state index is -0.505. The summed E-state index contributed by atoms with van der Waals surface area (Å²) in [4.78, 5) is 27.7. The predicted molar refractivity (Wildman–Crippen MR) is 113 cm³/mol. The van der Waals surface area contributed by atoms with E-state index in [1.54, 1.807) is 23.1 Å². The molecule has 0 bridgehead atoms. The molecule has 2 heterocycles. The summed E-state index contributed by atoms with van der Waals surface area (Å²) in [5.41, 5.74) is 1.37. The molecule has 3 rings (SSSR count). The zero-order valence-corrected chi connectivity index (χ0v) is 18.1. The third-order valence-electron chi connectivity index (χ3n) is 5.01. The second-order valence-electron chi connectivity index (χ2n) is 8.52. The summed E-state index contributed by atoms with van der Waals surface area (Å²) in [6.07, 6.45) is 1.42. The molecular formula is C22H28ClN3O3. The first-order valence-electron chi connectivity index (χ1n) is 10.1. The molecule has 7 heteroatoms. The maximum atomic E-state index is 13.3. The molecule has 2 amide bonds. The van der Waals surface area contributed by atoms with Gasteiger partial charge < -0.3 is 14.7 Å². The van der Waals surface area contributed by atoms with Crippen LogP contribution in [-0.4, -0.2) is 40.5 Å². The highest BCUT2D eigenvalue weighted by Gasteiger charge is 2.39. The fraction of sp³-hybridized carbons (Fsp3) is 0.500. The number of benzene rings is 1. The summed E-state index contributed by atoms with van der Waals surface area (Å²) in [6.45, 7) is 8.77. The van der Waals surface area contributed by atoms with Crippen LogP contribution in [0.4, 0.5) is 0 Å². The molecule has 1 aromatic heterocycles. The second kappa shape index (κ2) is 8.99. The highest BCUT2D eigenvalue weighted by atomic mass is 35.5. The van der Waals surface area contributed by atoms with E-state index in [9.17, 15) is 9.59 Å². The van der Waals surface area contributed by atoms with Crippen LogP contribution in [-0.2, 0) is 4.79 Å². The highest BCUT2D eigenvalue weighted by Crippen LogP contribution is 2.25. The van der Waals surface area contributed by atoms with Gasteiger partial charge in [-0.2, -0.15) is 0 Å². The van der Waals surface area contributed by atoms with Gasteiger partial charge in [-0.05, 0) is 36.8 Å². The van der Waals surface area contributed by atoms with Crippen molar-refractivity contribution in [2.75, 3.05) is 6.54 Å². The number of hydrogen-bond donors (Lipinski definition) is 1. The smallest absolute Gasteiger partial charge is 0.293 e. The minimum absolute atomic E-state index is 0.0616. The monoisotopic (exact) mass is 417 g/mol. The van der Waals surface area contributed by atoms with Gasteiger partial charge in [-0.25, -0.2) is 0 Å². The van der Waals surface area contributed by atoms with E-state index in [0.29, 0.717) is 29.6 Å². The Kier molecular flexibility index (Phi) is 6.63. The van der Waals surface area contributed by atoms with Gasteiger partial charge >= 0.3 is 0 Å². The molecule has 1 aromatic carbocycles. The number of nitrogens with one attached hydrogen (secondary N) is 1. The molecular weight excluding hydrogens is 390 g/mol. The van der Waals surface area contributed by atoms with Gasteiger partial charge in [0, 0.05) is 29.2 Å². The Morgan fingerprint density at radius 2 is 1.86 bits per heavy atom. The largest absolute Gasteiger partial charge is 0.350 e. The number of piperazine rings is 1. The summed E-state index contributed by atoms with van der Waals surface area (Å²) in [5, 5.41) is 7.75. The third kappa shape index (κ3) is 5.18. The molecule has 2 atom stereocenters. The maximum Gasteiger partial charge on any atom is 0.293 e. The molecule has 156 valence electrons. The van der Waals surface area contributed by atoms with Crippen LogP contribution < -0.4 is 5.32 Å². The van der Waals surface area contributed by atoms with E-state index < -0.39 is 6.04 Å². The van der Waals surface area contributed by atoms with Crippen molar-refractivity contribution in [1.29, 1.82) is 0 Å². The van der Waals surface area contributed by atoms with Gasteiger partial charge in [0.2, 0.25) is 11.7 Å². The summed E-state index contributed by atoms with van der Waals surface area (Å²) < 4.78 is 5.36. The van der Waals surface area contributed by atoms with Gasteiger partial charge in [-0.1, -0.05) is 56.6 Å². The van der Waals surface area contributed by atoms with Crippen molar-refractivity contribution in [1.82, 2.24) is 15.4 Å². The van der Waals surface area contributed by atoms with Gasteiger partial charge in [0.15, 0.2) is 0 Å². The molecule has 0 saturated carbocycles. The topological polar surface area (TPSA) is 75.4 Å². The zero-order chi connectivity index (χ0) is 21.1. The number of nitrogens with zero attached hydrogens (tertiary/aromatic N) is 2. The number of hydrogen-bond acceptors (Lipinski definition) is 4. The van der Waals surface area contributed by atoms with Crippen LogP contribution >= 0.6 is 11.6 Å². The van der Waals surface area contributed by atoms with Crippen LogP contribution in [0.1, 0.15) is 51.1 Å². The van der Waals surface area contributed by atoms with Crippen LogP contribution in [0.3, 0.4) is 0 Å². The number of rotatable bonds is 6. The first-order chi connectivity index (χ1) is 13.7. The highest BCUT2D eigenvalue weighted by molar-refractivity contribution is 6.30. The molecule has 1 N–H and O–H groups in total. The normalized spacial score (nSPS) is 19.7. The minimum Gasteiger partial charge on any atom is -0.350 e. The Bertz CT molecular complexity index is 860. The van der Waals surface area contributed by atoms with E-state index in [0.717, 1.165) is 12.0 Å². The van der Waals surface area contributed by atoms with Gasteiger partial charge in [0.1, 0.15) is 11.7 Å². The van der Waals surface area contributed by atoms with Crippen LogP contribution in [0, 0.1) is 11.8 Å². The van der Waals surface area contributed by atoms with Gasteiger partial charge in [-0.15, -0.1) is 0 Å². The lowest BCUT2D eigenvalue weighted by molar-refractivity contribution is -0.130. The number of halogens is 1. The third-order valence-corrected chi connectivity index (χ3v) is 5.27. The molecule has 1 aliphatic rings. The summed E-state index contributed by atoms with van der Waals surface area (Å²) in [7, 11) is 0. The van der Waals surface area contributed by atoms with Gasteiger partial charge in [-0.3, -0.25) is 9.59 Å². The van der Waals surface area contributed by atoms with Crippen molar-refractivity contribution in [2.24, 2.45) is 11.8 Å². The average Bonchev–Trinajstić information content (AvgIpc) is 3.13. The fourth-order valence-electron chi connectivity index (χ4n) is 3.73. The lowest BCUT2D eigenvalue weighted by Gasteiger charge is -2.40. The van der Waals surface area contributed by atoms with Crippen molar-refractivity contribution < 1.29 is 14.1 Å². The van der Waals surface area contributed by atoms with Crippen molar-refractivity contribution in [2.45, 2.75) is 52.6 Å². The Morgan fingerprint density at radius 1 is 1.21 bits per heavy atom. The number of carbonyl (C=O) groups excluding carboxylic acids is 2.